The van der Waals surface area contributed by atoms with Crippen LogP contribution in [0, 0.1) is 13.8 Å². The van der Waals surface area contributed by atoms with E-state index in [0.29, 0.717) is 21.9 Å². The molecule has 182 valence electrons. The Hall–Kier alpha value is -3.65. The summed E-state index contributed by atoms with van der Waals surface area (Å²) < 4.78 is 6.10. The molecule has 1 aromatic heterocycles. The van der Waals surface area contributed by atoms with Gasteiger partial charge in [0.25, 0.3) is 5.91 Å². The van der Waals surface area contributed by atoms with Gasteiger partial charge in [-0.3, -0.25) is 9.59 Å². The first kappa shape index (κ1) is 24.5. The zero-order valence-corrected chi connectivity index (χ0v) is 21.1. The number of aromatic nitrogens is 1. The maximum absolute atomic E-state index is 13.6. The lowest BCUT2D eigenvalue weighted by molar-refractivity contribution is -0.130. The van der Waals surface area contributed by atoms with Crippen molar-refractivity contribution in [1.29, 1.82) is 0 Å². The van der Waals surface area contributed by atoms with Gasteiger partial charge in [-0.25, -0.2) is 4.98 Å². The third kappa shape index (κ3) is 4.93. The molecule has 7 nitrogen and oxygen atoms in total. The molecule has 0 saturated heterocycles. The standard InChI is InChI=1S/C27H28N2O5S/c1-15-25(35-16(2)28-15)23(31)21-22(17-10-12-19(30)13-11-17)29(26(33)24(21)32)14-18-8-6-7-9-20(18)34-27(3,4)5/h6-13,22,30,32H,14H2,1-5H3. The normalized spacial score (nSPS) is 16.2. The van der Waals surface area contributed by atoms with Gasteiger partial charge in [-0.05, 0) is 58.4 Å². The molecule has 1 aliphatic rings. The van der Waals surface area contributed by atoms with Gasteiger partial charge in [-0.2, -0.15) is 0 Å². The van der Waals surface area contributed by atoms with Crippen LogP contribution in [0.15, 0.2) is 59.9 Å². The van der Waals surface area contributed by atoms with Crippen molar-refractivity contribution in [3.05, 3.63) is 86.6 Å². The zero-order chi connectivity index (χ0) is 25.5. The quantitative estimate of drug-likeness (QED) is 0.446. The highest BCUT2D eigenvalue weighted by Crippen LogP contribution is 2.42. The number of hydrogen-bond donors (Lipinski definition) is 2. The molecule has 1 unspecified atom stereocenters. The van der Waals surface area contributed by atoms with Crippen LogP contribution in [0.2, 0.25) is 0 Å². The van der Waals surface area contributed by atoms with Gasteiger partial charge in [0.15, 0.2) is 5.76 Å². The third-order valence-electron chi connectivity index (χ3n) is 5.60. The second-order valence-electron chi connectivity index (χ2n) is 9.49. The molecule has 0 radical (unpaired) electrons. The highest BCUT2D eigenvalue weighted by molar-refractivity contribution is 7.14. The van der Waals surface area contributed by atoms with Gasteiger partial charge >= 0.3 is 0 Å². The fourth-order valence-electron chi connectivity index (χ4n) is 4.16. The molecule has 0 saturated carbocycles. The fourth-order valence-corrected chi connectivity index (χ4v) is 5.04. The van der Waals surface area contributed by atoms with Crippen molar-refractivity contribution in [3.8, 4) is 11.5 Å². The van der Waals surface area contributed by atoms with Crippen molar-refractivity contribution in [2.75, 3.05) is 0 Å². The fraction of sp³-hybridized carbons (Fsp3) is 0.296. The number of aliphatic hydroxyl groups is 1. The molecular formula is C27H28N2O5S. The number of aryl methyl sites for hydroxylation is 2. The SMILES string of the molecule is Cc1nc(C)c(C(=O)C2=C(O)C(=O)N(Cc3ccccc3OC(C)(C)C)C2c2ccc(O)cc2)s1. The molecule has 1 aliphatic heterocycles. The molecule has 35 heavy (non-hydrogen) atoms. The Bertz CT molecular complexity index is 1320. The number of ether oxygens (including phenoxy) is 1. The number of aromatic hydroxyl groups is 1. The number of phenols is 1. The lowest BCUT2D eigenvalue weighted by atomic mass is 9.94. The van der Waals surface area contributed by atoms with Crippen LogP contribution in [-0.4, -0.2) is 37.4 Å². The molecule has 2 N–H and O–H groups in total. The van der Waals surface area contributed by atoms with Crippen molar-refractivity contribution in [2.45, 2.75) is 52.8 Å². The van der Waals surface area contributed by atoms with Gasteiger partial charge in [-0.1, -0.05) is 30.3 Å². The molecule has 4 rings (SSSR count). The van der Waals surface area contributed by atoms with Gasteiger partial charge in [0, 0.05) is 5.56 Å². The van der Waals surface area contributed by atoms with E-state index in [1.54, 1.807) is 26.0 Å². The second-order valence-corrected chi connectivity index (χ2v) is 10.7. The number of rotatable bonds is 6. The Balaban J connectivity index is 1.80. The number of hydrogen-bond acceptors (Lipinski definition) is 7. The Morgan fingerprint density at radius 3 is 2.34 bits per heavy atom. The maximum Gasteiger partial charge on any atom is 0.290 e. The Morgan fingerprint density at radius 1 is 1.09 bits per heavy atom. The monoisotopic (exact) mass is 492 g/mol. The van der Waals surface area contributed by atoms with E-state index in [1.807, 2.05) is 45.0 Å². The Kier molecular flexibility index (Phi) is 6.42. The molecule has 0 spiro atoms. The van der Waals surface area contributed by atoms with Crippen molar-refractivity contribution < 1.29 is 24.5 Å². The molecular weight excluding hydrogens is 464 g/mol. The minimum Gasteiger partial charge on any atom is -0.508 e. The van der Waals surface area contributed by atoms with Crippen LogP contribution in [0.4, 0.5) is 0 Å². The topological polar surface area (TPSA) is 100.0 Å². The summed E-state index contributed by atoms with van der Waals surface area (Å²) in [5.74, 6) is -0.976. The lowest BCUT2D eigenvalue weighted by Crippen LogP contribution is -2.31. The molecule has 0 aliphatic carbocycles. The van der Waals surface area contributed by atoms with Crippen molar-refractivity contribution in [2.24, 2.45) is 0 Å². The summed E-state index contributed by atoms with van der Waals surface area (Å²) in [6.45, 7) is 9.46. The Morgan fingerprint density at radius 2 is 1.74 bits per heavy atom. The van der Waals surface area contributed by atoms with Crippen LogP contribution in [0.5, 0.6) is 11.5 Å². The van der Waals surface area contributed by atoms with Gasteiger partial charge in [0.1, 0.15) is 17.1 Å². The summed E-state index contributed by atoms with van der Waals surface area (Å²) in [6, 6.07) is 12.8. The molecule has 1 amide bonds. The van der Waals surface area contributed by atoms with E-state index >= 15 is 0 Å². The molecule has 8 heteroatoms. The number of aliphatic hydroxyl groups excluding tert-OH is 1. The predicted octanol–water partition coefficient (Wildman–Crippen LogP) is 5.42. The van der Waals surface area contributed by atoms with Crippen LogP contribution in [0.1, 0.15) is 58.3 Å². The van der Waals surface area contributed by atoms with Crippen LogP contribution in [0.3, 0.4) is 0 Å². The van der Waals surface area contributed by atoms with Crippen LogP contribution >= 0.6 is 11.3 Å². The summed E-state index contributed by atoms with van der Waals surface area (Å²) in [6.07, 6.45) is 0. The number of Topliss-reactive ketones (excluding diaryl/α,β-unsaturated/α-hetero) is 1. The van der Waals surface area contributed by atoms with Crippen LogP contribution in [0.25, 0.3) is 0 Å². The number of benzene rings is 2. The van der Waals surface area contributed by atoms with E-state index < -0.39 is 29.1 Å². The first-order valence-corrected chi connectivity index (χ1v) is 12.1. The number of carbonyl (C=O) groups excluding carboxylic acids is 2. The minimum atomic E-state index is -0.847. The van der Waals surface area contributed by atoms with E-state index in [-0.39, 0.29) is 17.9 Å². The summed E-state index contributed by atoms with van der Waals surface area (Å²) in [7, 11) is 0. The Labute approximate surface area is 208 Å². The number of ketones is 1. The highest BCUT2D eigenvalue weighted by Gasteiger charge is 2.44. The molecule has 0 bridgehead atoms. The molecule has 0 fully saturated rings. The average Bonchev–Trinajstić information content (AvgIpc) is 3.25. The lowest BCUT2D eigenvalue weighted by Gasteiger charge is -2.29. The zero-order valence-electron chi connectivity index (χ0n) is 20.3. The molecule has 2 aromatic carbocycles. The number of amides is 1. The summed E-state index contributed by atoms with van der Waals surface area (Å²) in [5.41, 5.74) is 1.44. The van der Waals surface area contributed by atoms with Gasteiger partial charge < -0.3 is 19.8 Å². The second kappa shape index (κ2) is 9.19. The summed E-state index contributed by atoms with van der Waals surface area (Å²) >= 11 is 1.23. The van der Waals surface area contributed by atoms with E-state index in [4.69, 9.17) is 4.74 Å². The van der Waals surface area contributed by atoms with Gasteiger partial charge in [-0.15, -0.1) is 11.3 Å². The number of carbonyl (C=O) groups is 2. The smallest absolute Gasteiger partial charge is 0.290 e. The van der Waals surface area contributed by atoms with Crippen molar-refractivity contribution in [1.82, 2.24) is 9.88 Å². The summed E-state index contributed by atoms with van der Waals surface area (Å²) in [4.78, 5) is 33.2. The van der Waals surface area contributed by atoms with Crippen LogP contribution in [-0.2, 0) is 11.3 Å². The predicted molar refractivity (Wildman–Crippen MR) is 134 cm³/mol. The molecule has 3 aromatic rings. The highest BCUT2D eigenvalue weighted by atomic mass is 32.1. The largest absolute Gasteiger partial charge is 0.508 e. The maximum atomic E-state index is 13.6. The molecule has 2 heterocycles. The number of para-hydroxylation sites is 1. The van der Waals surface area contributed by atoms with Crippen LogP contribution < -0.4 is 4.74 Å². The first-order valence-electron chi connectivity index (χ1n) is 11.2. The van der Waals surface area contributed by atoms with Crippen molar-refractivity contribution in [3.63, 3.8) is 0 Å². The van der Waals surface area contributed by atoms with E-state index in [9.17, 15) is 19.8 Å². The van der Waals surface area contributed by atoms with E-state index in [1.165, 1.54) is 28.4 Å². The van der Waals surface area contributed by atoms with Crippen molar-refractivity contribution >= 4 is 23.0 Å². The third-order valence-corrected chi connectivity index (χ3v) is 6.67. The van der Waals surface area contributed by atoms with E-state index in [0.717, 1.165) is 10.6 Å². The minimum absolute atomic E-state index is 0.00154. The van der Waals surface area contributed by atoms with E-state index in [2.05, 4.69) is 4.98 Å². The summed E-state index contributed by atoms with van der Waals surface area (Å²) in [5, 5.41) is 21.5. The number of thiazole rings is 1. The molecule has 1 atom stereocenters. The average molecular weight is 493 g/mol. The first-order chi connectivity index (χ1) is 16.5. The van der Waals surface area contributed by atoms with Gasteiger partial charge in [0.05, 0.1) is 33.7 Å². The number of nitrogens with zero attached hydrogens (tertiary/aromatic N) is 2. The van der Waals surface area contributed by atoms with Gasteiger partial charge in [0.2, 0.25) is 5.78 Å². The number of phenolic OH excluding ortho intramolecular Hbond substituents is 1.